The average Bonchev–Trinajstić information content (AvgIpc) is 2.58. The van der Waals surface area contributed by atoms with Crippen LogP contribution in [0.5, 0.6) is 0 Å². The summed E-state index contributed by atoms with van der Waals surface area (Å²) in [5.74, 6) is 1.91. The number of fused-ring (bicyclic) bond motifs is 2. The first-order valence-corrected chi connectivity index (χ1v) is 10.5. The van der Waals surface area contributed by atoms with Gasteiger partial charge in [0, 0.05) is 10.8 Å². The van der Waals surface area contributed by atoms with Gasteiger partial charge in [0.1, 0.15) is 19.4 Å². The van der Waals surface area contributed by atoms with Crippen LogP contribution in [0.2, 0.25) is 0 Å². The van der Waals surface area contributed by atoms with Crippen molar-refractivity contribution in [3.63, 3.8) is 0 Å². The highest BCUT2D eigenvalue weighted by atomic mass is 35.5. The number of β-amino-alcohol motifs (C(OH)–C–C–N with tert-alkyl or cyclic N) is 1. The molecule has 0 aromatic heterocycles. The lowest BCUT2D eigenvalue weighted by molar-refractivity contribution is -0.560. The van der Waals surface area contributed by atoms with Crippen LogP contribution in [0, 0.1) is 34.0 Å². The summed E-state index contributed by atoms with van der Waals surface area (Å²) in [5, 5.41) is 20.8. The van der Waals surface area contributed by atoms with E-state index in [1.54, 1.807) is 0 Å². The van der Waals surface area contributed by atoms with E-state index in [9.17, 15) is 10.2 Å². The fourth-order valence-corrected chi connectivity index (χ4v) is 8.50. The van der Waals surface area contributed by atoms with E-state index in [0.29, 0.717) is 17.3 Å². The maximum absolute atomic E-state index is 11.2. The first-order chi connectivity index (χ1) is 12.0. The summed E-state index contributed by atoms with van der Waals surface area (Å²) in [7, 11) is 0. The third kappa shape index (κ3) is 2.17. The second-order valence-corrected chi connectivity index (χ2v) is 10.3. The van der Waals surface area contributed by atoms with Crippen molar-refractivity contribution in [2.45, 2.75) is 64.4 Å². The Morgan fingerprint density at radius 1 is 1.19 bits per heavy atom. The van der Waals surface area contributed by atoms with Crippen molar-refractivity contribution in [3.05, 3.63) is 12.2 Å². The molecular formula is C22H34ClNO2. The molecule has 5 fully saturated rings. The molecule has 1 spiro atoms. The van der Waals surface area contributed by atoms with Gasteiger partial charge in [-0.15, -0.1) is 0 Å². The maximum Gasteiger partial charge on any atom is 0.165 e. The quantitative estimate of drug-likeness (QED) is 0.524. The predicted molar refractivity (Wildman–Crippen MR) is 98.7 cm³/mol. The molecule has 5 saturated carbocycles. The van der Waals surface area contributed by atoms with Crippen LogP contribution in [0.4, 0.5) is 0 Å². The van der Waals surface area contributed by atoms with Gasteiger partial charge < -0.3 is 22.6 Å². The molecule has 26 heavy (non-hydrogen) atoms. The van der Waals surface area contributed by atoms with Gasteiger partial charge in [0.15, 0.2) is 6.54 Å². The molecule has 6 aliphatic rings. The summed E-state index contributed by atoms with van der Waals surface area (Å²) in [6.07, 6.45) is 12.4. The van der Waals surface area contributed by atoms with E-state index in [1.165, 1.54) is 51.4 Å². The zero-order chi connectivity index (χ0) is 17.4. The minimum absolute atomic E-state index is 0. The Morgan fingerprint density at radius 2 is 1.96 bits per heavy atom. The lowest BCUT2D eigenvalue weighted by atomic mass is 9.35. The van der Waals surface area contributed by atoms with Gasteiger partial charge in [0.05, 0.1) is 11.5 Å². The predicted octanol–water partition coefficient (Wildman–Crippen LogP) is -0.000400. The molecule has 0 radical (unpaired) electrons. The molecule has 1 aliphatic heterocycles. The Morgan fingerprint density at radius 3 is 2.73 bits per heavy atom. The molecule has 4 bridgehead atoms. The van der Waals surface area contributed by atoms with Crippen LogP contribution in [0.3, 0.4) is 0 Å². The third-order valence-electron chi connectivity index (χ3n) is 9.36. The monoisotopic (exact) mass is 379 g/mol. The molecule has 6 rings (SSSR count). The van der Waals surface area contributed by atoms with E-state index in [1.807, 2.05) is 0 Å². The van der Waals surface area contributed by atoms with Gasteiger partial charge in [0.2, 0.25) is 0 Å². The van der Waals surface area contributed by atoms with Crippen LogP contribution in [0.25, 0.3) is 0 Å². The van der Waals surface area contributed by atoms with Crippen molar-refractivity contribution in [1.29, 1.82) is 0 Å². The first kappa shape index (κ1) is 19.0. The Kier molecular flexibility index (Phi) is 4.42. The summed E-state index contributed by atoms with van der Waals surface area (Å²) in [4.78, 5) is 0. The summed E-state index contributed by atoms with van der Waals surface area (Å²) >= 11 is 0. The van der Waals surface area contributed by atoms with E-state index in [2.05, 4.69) is 24.3 Å². The van der Waals surface area contributed by atoms with Gasteiger partial charge in [0.25, 0.3) is 0 Å². The van der Waals surface area contributed by atoms with Crippen LogP contribution in [0.15, 0.2) is 12.2 Å². The van der Waals surface area contributed by atoms with E-state index in [-0.39, 0.29) is 35.9 Å². The molecule has 4 heteroatoms. The highest BCUT2D eigenvalue weighted by Crippen LogP contribution is 2.72. The Hall–Kier alpha value is -0.380. The number of hydrogen-bond acceptors (Lipinski definition) is 2. The highest BCUT2D eigenvalue weighted by molar-refractivity contribution is 5.65. The van der Waals surface area contributed by atoms with Gasteiger partial charge in [-0.05, 0) is 68.3 Å². The molecule has 2 N–H and O–H groups in total. The largest absolute Gasteiger partial charge is 1.00 e. The Balaban J connectivity index is 0.00000168. The fourth-order valence-electron chi connectivity index (χ4n) is 8.50. The van der Waals surface area contributed by atoms with E-state index < -0.39 is 0 Å². The highest BCUT2D eigenvalue weighted by Gasteiger charge is 2.70. The van der Waals surface area contributed by atoms with Gasteiger partial charge in [-0.2, -0.15) is 0 Å². The number of rotatable bonds is 2. The summed E-state index contributed by atoms with van der Waals surface area (Å²) in [6, 6.07) is 0. The van der Waals surface area contributed by atoms with Gasteiger partial charge in [-0.25, -0.2) is 4.58 Å². The van der Waals surface area contributed by atoms with Crippen molar-refractivity contribution in [1.82, 2.24) is 0 Å². The smallest absolute Gasteiger partial charge is 0.165 e. The van der Waals surface area contributed by atoms with E-state index in [4.69, 9.17) is 0 Å². The Bertz CT molecular complexity index is 648. The van der Waals surface area contributed by atoms with E-state index >= 15 is 0 Å². The second-order valence-electron chi connectivity index (χ2n) is 10.3. The minimum atomic E-state index is -0.282. The molecule has 1 heterocycles. The second kappa shape index (κ2) is 6.06. The van der Waals surface area contributed by atoms with Crippen LogP contribution in [0.1, 0.15) is 58.3 Å². The van der Waals surface area contributed by atoms with Crippen molar-refractivity contribution in [3.8, 4) is 0 Å². The van der Waals surface area contributed by atoms with Crippen molar-refractivity contribution < 1.29 is 27.2 Å². The number of halogens is 1. The minimum Gasteiger partial charge on any atom is -1.00 e. The summed E-state index contributed by atoms with van der Waals surface area (Å²) < 4.78 is 2.44. The molecule has 0 aromatic carbocycles. The van der Waals surface area contributed by atoms with Crippen molar-refractivity contribution >= 4 is 6.21 Å². The van der Waals surface area contributed by atoms with Crippen LogP contribution >= 0.6 is 0 Å². The summed E-state index contributed by atoms with van der Waals surface area (Å²) in [5.41, 5.74) is 1.85. The van der Waals surface area contributed by atoms with E-state index in [0.717, 1.165) is 24.6 Å². The average molecular weight is 380 g/mol. The fraction of sp³-hybridized carbons (Fsp3) is 0.864. The first-order valence-electron chi connectivity index (χ1n) is 10.5. The van der Waals surface area contributed by atoms with Gasteiger partial charge in [-0.3, -0.25) is 0 Å². The molecular weight excluding hydrogens is 346 g/mol. The molecule has 3 nitrogen and oxygen atoms in total. The lowest BCUT2D eigenvalue weighted by Gasteiger charge is -2.68. The number of aliphatic hydroxyl groups is 2. The Labute approximate surface area is 164 Å². The number of aliphatic hydroxyl groups excluding tert-OH is 2. The SMILES string of the molecule is C=C1[C@H]2CC[C@@]3(CC[C@@H]4[C@@]5(C)CCC[C@@]4(C=[N+](CCO)C5)[C@@H]3C2)[C@H]1O.[Cl-]. The molecule has 146 valence electrons. The third-order valence-corrected chi connectivity index (χ3v) is 9.36. The lowest BCUT2D eigenvalue weighted by Crippen LogP contribution is -3.00. The summed E-state index contributed by atoms with van der Waals surface area (Å²) in [6.45, 7) is 8.93. The topological polar surface area (TPSA) is 43.5 Å². The normalized spacial score (nSPS) is 51.8. The zero-order valence-corrected chi connectivity index (χ0v) is 16.8. The number of hydrogen-bond donors (Lipinski definition) is 2. The van der Waals surface area contributed by atoms with Crippen molar-refractivity contribution in [2.24, 2.45) is 34.0 Å². The molecule has 0 amide bonds. The molecule has 7 atom stereocenters. The van der Waals surface area contributed by atoms with Gasteiger partial charge >= 0.3 is 0 Å². The van der Waals surface area contributed by atoms with Gasteiger partial charge in [-0.1, -0.05) is 19.9 Å². The molecule has 0 saturated heterocycles. The number of nitrogens with zero attached hydrogens (tertiary/aromatic N) is 1. The van der Waals surface area contributed by atoms with Crippen LogP contribution < -0.4 is 12.4 Å². The molecule has 0 unspecified atom stereocenters. The van der Waals surface area contributed by atoms with Crippen molar-refractivity contribution in [2.75, 3.05) is 19.7 Å². The molecule has 0 aromatic rings. The standard InChI is InChI=1S/C22H34NO2.ClH/c1-15-16-4-8-21(19(15)25)9-5-17-20(2)6-3-7-22(17,18(21)12-16)14-23(13-20)10-11-24;/h14,16-19,24-25H,1,3-13H2,2H3;1H/q+1;/p-1/t16-,17+,18+,19-,20-,21-,22-;/m0./s1. The molecule has 5 aliphatic carbocycles. The maximum atomic E-state index is 11.2. The zero-order valence-electron chi connectivity index (χ0n) is 16.1. The van der Waals surface area contributed by atoms with Crippen LogP contribution in [-0.4, -0.2) is 46.8 Å². The van der Waals surface area contributed by atoms with Crippen LogP contribution in [-0.2, 0) is 0 Å².